The molecule has 3 heterocycles. The van der Waals surface area contributed by atoms with Gasteiger partial charge in [-0.15, -0.1) is 10.2 Å². The maximum Gasteiger partial charge on any atom is 0.171 e. The highest BCUT2D eigenvalue weighted by molar-refractivity contribution is 7.91. The van der Waals surface area contributed by atoms with E-state index in [4.69, 9.17) is 0 Å². The molecule has 0 spiro atoms. The number of hydrogen-bond donors (Lipinski definition) is 0. The van der Waals surface area contributed by atoms with Gasteiger partial charge in [0.1, 0.15) is 5.82 Å². The van der Waals surface area contributed by atoms with Crippen LogP contribution in [-0.2, 0) is 9.84 Å². The second kappa shape index (κ2) is 3.88. The molecule has 7 heteroatoms. The van der Waals surface area contributed by atoms with Crippen LogP contribution in [0, 0.1) is 0 Å². The monoisotopic (exact) mass is 265 g/mol. The van der Waals surface area contributed by atoms with Gasteiger partial charge in [-0.1, -0.05) is 0 Å². The highest BCUT2D eigenvalue weighted by atomic mass is 32.2. The van der Waals surface area contributed by atoms with Crippen molar-refractivity contribution >= 4 is 21.8 Å². The van der Waals surface area contributed by atoms with Crippen molar-refractivity contribution in [2.24, 2.45) is 0 Å². The first-order valence-electron chi connectivity index (χ1n) is 5.60. The topological polar surface area (TPSA) is 81.4 Å². The van der Waals surface area contributed by atoms with E-state index >= 15 is 0 Å². The first-order valence-corrected chi connectivity index (χ1v) is 7.42. The standard InChI is InChI=1S/C11H11N3O3S/c15-6-8-2-1-4-14-10(8)12-13-11(14)9-3-5-18(16,17)7-9/h1-2,4,6,9H,3,5,7H2. The summed E-state index contributed by atoms with van der Waals surface area (Å²) in [4.78, 5) is 10.9. The summed E-state index contributed by atoms with van der Waals surface area (Å²) in [5, 5.41) is 8.01. The van der Waals surface area contributed by atoms with Gasteiger partial charge < -0.3 is 0 Å². The summed E-state index contributed by atoms with van der Waals surface area (Å²) in [5.41, 5.74) is 0.934. The van der Waals surface area contributed by atoms with E-state index in [9.17, 15) is 13.2 Å². The normalized spacial score (nSPS) is 22.3. The lowest BCUT2D eigenvalue weighted by atomic mass is 10.1. The molecule has 2 aromatic rings. The number of carbonyl (C=O) groups is 1. The minimum atomic E-state index is -2.96. The number of nitrogens with zero attached hydrogens (tertiary/aromatic N) is 3. The van der Waals surface area contributed by atoms with Crippen molar-refractivity contribution in [2.45, 2.75) is 12.3 Å². The molecule has 1 aliphatic rings. The Hall–Kier alpha value is -1.76. The number of aldehydes is 1. The van der Waals surface area contributed by atoms with E-state index in [0.717, 1.165) is 6.29 Å². The van der Waals surface area contributed by atoms with Crippen LogP contribution in [0.4, 0.5) is 0 Å². The Kier molecular flexibility index (Phi) is 2.44. The minimum Gasteiger partial charge on any atom is -0.298 e. The summed E-state index contributed by atoms with van der Waals surface area (Å²) < 4.78 is 24.7. The van der Waals surface area contributed by atoms with Crippen molar-refractivity contribution in [3.63, 3.8) is 0 Å². The molecular weight excluding hydrogens is 254 g/mol. The van der Waals surface area contributed by atoms with Gasteiger partial charge in [-0.3, -0.25) is 9.20 Å². The van der Waals surface area contributed by atoms with E-state index in [1.54, 1.807) is 22.7 Å². The van der Waals surface area contributed by atoms with Crippen molar-refractivity contribution in [1.82, 2.24) is 14.6 Å². The predicted molar refractivity (Wildman–Crippen MR) is 64.4 cm³/mol. The predicted octanol–water partition coefficient (Wildman–Crippen LogP) is 0.444. The maximum absolute atomic E-state index is 11.5. The third kappa shape index (κ3) is 1.71. The fraction of sp³-hybridized carbons (Fsp3) is 0.364. The Labute approximate surface area is 104 Å². The van der Waals surface area contributed by atoms with Gasteiger partial charge in [-0.25, -0.2) is 8.42 Å². The largest absolute Gasteiger partial charge is 0.298 e. The molecule has 1 unspecified atom stereocenters. The highest BCUT2D eigenvalue weighted by Gasteiger charge is 2.32. The number of rotatable bonds is 2. The molecule has 6 nitrogen and oxygen atoms in total. The lowest BCUT2D eigenvalue weighted by Gasteiger charge is -2.05. The fourth-order valence-electron chi connectivity index (χ4n) is 2.32. The van der Waals surface area contributed by atoms with E-state index in [1.807, 2.05) is 0 Å². The second-order valence-electron chi connectivity index (χ2n) is 4.43. The molecule has 18 heavy (non-hydrogen) atoms. The zero-order valence-electron chi connectivity index (χ0n) is 9.48. The molecular formula is C11H11N3O3S. The summed E-state index contributed by atoms with van der Waals surface area (Å²) in [7, 11) is -2.96. The Balaban J connectivity index is 2.12. The van der Waals surface area contributed by atoms with Crippen LogP contribution in [0.2, 0.25) is 0 Å². The van der Waals surface area contributed by atoms with Crippen LogP contribution in [0.15, 0.2) is 18.3 Å². The number of fused-ring (bicyclic) bond motifs is 1. The Morgan fingerprint density at radius 2 is 2.22 bits per heavy atom. The third-order valence-electron chi connectivity index (χ3n) is 3.22. The number of pyridine rings is 1. The van der Waals surface area contributed by atoms with E-state index in [0.29, 0.717) is 23.5 Å². The van der Waals surface area contributed by atoms with Crippen molar-refractivity contribution in [2.75, 3.05) is 11.5 Å². The van der Waals surface area contributed by atoms with Crippen LogP contribution in [-0.4, -0.2) is 40.8 Å². The van der Waals surface area contributed by atoms with E-state index in [1.165, 1.54) is 0 Å². The van der Waals surface area contributed by atoms with Crippen molar-refractivity contribution in [3.8, 4) is 0 Å². The SMILES string of the molecule is O=Cc1cccn2c(C3CCS(=O)(=O)C3)nnc12. The van der Waals surface area contributed by atoms with Crippen LogP contribution < -0.4 is 0 Å². The van der Waals surface area contributed by atoms with Crippen molar-refractivity contribution < 1.29 is 13.2 Å². The maximum atomic E-state index is 11.5. The summed E-state index contributed by atoms with van der Waals surface area (Å²) in [5.74, 6) is 0.792. The smallest absolute Gasteiger partial charge is 0.171 e. The molecule has 2 aromatic heterocycles. The van der Waals surface area contributed by atoms with Crippen molar-refractivity contribution in [1.29, 1.82) is 0 Å². The van der Waals surface area contributed by atoms with Gasteiger partial charge in [-0.05, 0) is 18.6 Å². The van der Waals surface area contributed by atoms with Gasteiger partial charge in [0.15, 0.2) is 21.8 Å². The molecule has 0 aliphatic carbocycles. The number of hydrogen-bond acceptors (Lipinski definition) is 5. The van der Waals surface area contributed by atoms with Gasteiger partial charge in [0.05, 0.1) is 17.1 Å². The molecule has 0 radical (unpaired) electrons. The van der Waals surface area contributed by atoms with Crippen LogP contribution in [0.3, 0.4) is 0 Å². The van der Waals surface area contributed by atoms with E-state index < -0.39 is 9.84 Å². The average Bonchev–Trinajstić information content (AvgIpc) is 2.91. The molecule has 1 saturated heterocycles. The Morgan fingerprint density at radius 1 is 1.39 bits per heavy atom. The van der Waals surface area contributed by atoms with Gasteiger partial charge in [0.25, 0.3) is 0 Å². The summed E-state index contributed by atoms with van der Waals surface area (Å²) in [6.45, 7) is 0. The molecule has 0 bridgehead atoms. The quantitative estimate of drug-likeness (QED) is 0.736. The first-order chi connectivity index (χ1) is 8.61. The van der Waals surface area contributed by atoms with Crippen LogP contribution in [0.25, 0.3) is 5.65 Å². The minimum absolute atomic E-state index is 0.110. The molecule has 0 amide bonds. The second-order valence-corrected chi connectivity index (χ2v) is 6.66. The Morgan fingerprint density at radius 3 is 2.89 bits per heavy atom. The third-order valence-corrected chi connectivity index (χ3v) is 4.98. The van der Waals surface area contributed by atoms with Gasteiger partial charge >= 0.3 is 0 Å². The lowest BCUT2D eigenvalue weighted by Crippen LogP contribution is -2.07. The molecule has 0 saturated carbocycles. The van der Waals surface area contributed by atoms with Gasteiger partial charge in [0.2, 0.25) is 0 Å². The molecule has 0 N–H and O–H groups in total. The molecule has 0 aromatic carbocycles. The molecule has 3 rings (SSSR count). The van der Waals surface area contributed by atoms with E-state index in [-0.39, 0.29) is 17.4 Å². The lowest BCUT2D eigenvalue weighted by molar-refractivity contribution is 0.112. The van der Waals surface area contributed by atoms with Crippen LogP contribution >= 0.6 is 0 Å². The Bertz CT molecular complexity index is 720. The summed E-state index contributed by atoms with van der Waals surface area (Å²) in [6.07, 6.45) is 3.04. The van der Waals surface area contributed by atoms with Gasteiger partial charge in [0, 0.05) is 12.1 Å². The summed E-state index contributed by atoms with van der Waals surface area (Å²) >= 11 is 0. The zero-order valence-corrected chi connectivity index (χ0v) is 10.3. The highest BCUT2D eigenvalue weighted by Crippen LogP contribution is 2.28. The van der Waals surface area contributed by atoms with E-state index in [2.05, 4.69) is 10.2 Å². The number of aromatic nitrogens is 3. The fourth-order valence-corrected chi connectivity index (χ4v) is 4.06. The number of sulfone groups is 1. The molecule has 1 atom stereocenters. The summed E-state index contributed by atoms with van der Waals surface area (Å²) in [6, 6.07) is 3.39. The molecule has 94 valence electrons. The number of carbonyl (C=O) groups excluding carboxylic acids is 1. The zero-order chi connectivity index (χ0) is 12.8. The van der Waals surface area contributed by atoms with Gasteiger partial charge in [-0.2, -0.15) is 0 Å². The molecule has 1 aliphatic heterocycles. The van der Waals surface area contributed by atoms with Crippen molar-refractivity contribution in [3.05, 3.63) is 29.7 Å². The van der Waals surface area contributed by atoms with Crippen LogP contribution in [0.5, 0.6) is 0 Å². The van der Waals surface area contributed by atoms with Crippen LogP contribution in [0.1, 0.15) is 28.5 Å². The molecule has 1 fully saturated rings. The average molecular weight is 265 g/mol. The first kappa shape index (κ1) is 11.3.